The highest BCUT2D eigenvalue weighted by Gasteiger charge is 2.35. The number of carbonyl (C=O) groups is 1. The Morgan fingerprint density at radius 1 is 1.03 bits per heavy atom. The van der Waals surface area contributed by atoms with E-state index in [9.17, 15) is 4.79 Å². The van der Waals surface area contributed by atoms with Crippen molar-refractivity contribution < 1.29 is 4.79 Å². The van der Waals surface area contributed by atoms with E-state index in [2.05, 4.69) is 61.2 Å². The Morgan fingerprint density at radius 3 is 2.61 bits per heavy atom. The summed E-state index contributed by atoms with van der Waals surface area (Å²) in [6.45, 7) is 6.19. The van der Waals surface area contributed by atoms with Gasteiger partial charge in [0.2, 0.25) is 0 Å². The second kappa shape index (κ2) is 9.12. The van der Waals surface area contributed by atoms with Crippen molar-refractivity contribution in [3.8, 4) is 0 Å². The van der Waals surface area contributed by atoms with Crippen molar-refractivity contribution in [1.29, 1.82) is 0 Å². The average molecular weight is 458 g/mol. The molecule has 168 valence electrons. The zero-order valence-electron chi connectivity index (χ0n) is 19.1. The van der Waals surface area contributed by atoms with Crippen molar-refractivity contribution in [2.45, 2.75) is 39.3 Å². The van der Waals surface area contributed by atoms with Crippen LogP contribution in [0.15, 0.2) is 71.8 Å². The maximum absolute atomic E-state index is 13.6. The summed E-state index contributed by atoms with van der Waals surface area (Å²) in [4.78, 5) is 15.8. The number of benzene rings is 3. The van der Waals surface area contributed by atoms with Crippen LogP contribution in [-0.2, 0) is 17.8 Å². The molecule has 0 saturated carbocycles. The zero-order valence-corrected chi connectivity index (χ0v) is 19.8. The van der Waals surface area contributed by atoms with Crippen LogP contribution in [-0.4, -0.2) is 34.6 Å². The number of fused-ring (bicyclic) bond motifs is 1. The fourth-order valence-electron chi connectivity index (χ4n) is 4.89. The van der Waals surface area contributed by atoms with Crippen LogP contribution < -0.4 is 0 Å². The first-order valence-electron chi connectivity index (χ1n) is 11.5. The minimum atomic E-state index is -0.196. The zero-order chi connectivity index (χ0) is 22.9. The lowest BCUT2D eigenvalue weighted by Gasteiger charge is -2.30. The first kappa shape index (κ1) is 21.9. The largest absolute Gasteiger partial charge is 0.290 e. The van der Waals surface area contributed by atoms with Crippen LogP contribution in [0, 0.1) is 13.8 Å². The summed E-state index contributed by atoms with van der Waals surface area (Å²) in [5.41, 5.74) is 8.03. The molecule has 3 aromatic rings. The molecule has 0 unspecified atom stereocenters. The van der Waals surface area contributed by atoms with Crippen molar-refractivity contribution >= 4 is 23.2 Å². The molecule has 0 spiro atoms. The third-order valence-electron chi connectivity index (χ3n) is 6.70. The minimum Gasteiger partial charge on any atom is -0.290 e. The summed E-state index contributed by atoms with van der Waals surface area (Å²) >= 11 is 6.57. The van der Waals surface area contributed by atoms with Gasteiger partial charge < -0.3 is 0 Å². The molecular weight excluding hydrogens is 430 g/mol. The lowest BCUT2D eigenvalue weighted by molar-refractivity contribution is -0.134. The average Bonchev–Trinajstić information content (AvgIpc) is 3.26. The van der Waals surface area contributed by atoms with Gasteiger partial charge in [0.1, 0.15) is 0 Å². The first-order chi connectivity index (χ1) is 16.0. The molecule has 0 radical (unpaired) electrons. The van der Waals surface area contributed by atoms with Crippen molar-refractivity contribution in [3.63, 3.8) is 0 Å². The number of halogens is 1. The van der Waals surface area contributed by atoms with Gasteiger partial charge in [-0.15, -0.1) is 0 Å². The van der Waals surface area contributed by atoms with Crippen LogP contribution in [0.3, 0.4) is 0 Å². The van der Waals surface area contributed by atoms with E-state index in [1.54, 1.807) is 5.01 Å². The maximum atomic E-state index is 13.6. The van der Waals surface area contributed by atoms with Crippen molar-refractivity contribution in [2.75, 3.05) is 13.1 Å². The molecule has 2 aliphatic rings. The van der Waals surface area contributed by atoms with Gasteiger partial charge in [-0.3, -0.25) is 9.69 Å². The number of carbonyl (C=O) groups excluding carboxylic acids is 1. The molecule has 33 heavy (non-hydrogen) atoms. The normalized spacial score (nSPS) is 18.2. The van der Waals surface area contributed by atoms with Gasteiger partial charge in [-0.25, -0.2) is 5.01 Å². The van der Waals surface area contributed by atoms with E-state index in [1.807, 2.05) is 24.3 Å². The highest BCUT2D eigenvalue weighted by Crippen LogP contribution is 2.37. The molecule has 1 amide bonds. The number of hydrogen-bond donors (Lipinski definition) is 0. The topological polar surface area (TPSA) is 35.9 Å². The van der Waals surface area contributed by atoms with Gasteiger partial charge in [-0.1, -0.05) is 71.8 Å². The monoisotopic (exact) mass is 457 g/mol. The molecule has 0 saturated heterocycles. The Labute approximate surface area is 200 Å². The molecular formula is C28H28ClN3O. The lowest BCUT2D eigenvalue weighted by Crippen LogP contribution is -2.40. The van der Waals surface area contributed by atoms with Crippen LogP contribution in [0.1, 0.15) is 45.8 Å². The van der Waals surface area contributed by atoms with E-state index in [-0.39, 0.29) is 11.9 Å². The van der Waals surface area contributed by atoms with Gasteiger partial charge in [-0.2, -0.15) is 5.10 Å². The van der Waals surface area contributed by atoms with Crippen LogP contribution >= 0.6 is 11.6 Å². The van der Waals surface area contributed by atoms with Gasteiger partial charge in [0.15, 0.2) is 0 Å². The molecule has 3 aromatic carbocycles. The highest BCUT2D eigenvalue weighted by molar-refractivity contribution is 6.31. The molecule has 0 aliphatic carbocycles. The second-order valence-electron chi connectivity index (χ2n) is 9.07. The molecule has 5 rings (SSSR count). The van der Waals surface area contributed by atoms with Gasteiger partial charge >= 0.3 is 0 Å². The fraction of sp³-hybridized carbons (Fsp3) is 0.286. The quantitative estimate of drug-likeness (QED) is 0.504. The molecule has 1 atom stereocenters. The summed E-state index contributed by atoms with van der Waals surface area (Å²) < 4.78 is 0. The smallest absolute Gasteiger partial charge is 0.257 e. The Hall–Kier alpha value is -2.95. The molecule has 0 fully saturated rings. The second-order valence-corrected chi connectivity index (χ2v) is 9.48. The number of amides is 1. The summed E-state index contributed by atoms with van der Waals surface area (Å²) in [5, 5.41) is 7.23. The lowest BCUT2D eigenvalue weighted by atomic mass is 9.95. The standard InChI is InChI=1S/C28H28ClN3O/c1-19-11-12-20(2)24(15-19)26-16-27(23-9-5-6-10-25(23)29)32(30-26)28(33)18-31-14-13-21-7-3-4-8-22(21)17-31/h3-12,15,27H,13-14,16-18H2,1-2H3/t27-/m0/s1. The van der Waals surface area contributed by atoms with E-state index in [0.717, 1.165) is 36.3 Å². The predicted molar refractivity (Wildman–Crippen MR) is 134 cm³/mol. The first-order valence-corrected chi connectivity index (χ1v) is 11.9. The van der Waals surface area contributed by atoms with Crippen LogP contribution in [0.4, 0.5) is 0 Å². The van der Waals surface area contributed by atoms with Crippen LogP contribution in [0.2, 0.25) is 5.02 Å². The van der Waals surface area contributed by atoms with E-state index >= 15 is 0 Å². The Balaban J connectivity index is 1.44. The number of rotatable bonds is 4. The summed E-state index contributed by atoms with van der Waals surface area (Å²) in [5.74, 6) is 0.0135. The van der Waals surface area contributed by atoms with E-state index in [1.165, 1.54) is 22.3 Å². The summed E-state index contributed by atoms with van der Waals surface area (Å²) in [6.07, 6.45) is 1.62. The third-order valence-corrected chi connectivity index (χ3v) is 7.05. The van der Waals surface area contributed by atoms with Crippen molar-refractivity contribution in [3.05, 3.63) is 105 Å². The number of aryl methyl sites for hydroxylation is 2. The Bertz CT molecular complexity index is 1240. The minimum absolute atomic E-state index is 0.0135. The molecule has 0 aromatic heterocycles. The van der Waals surface area contributed by atoms with Gasteiger partial charge in [0, 0.05) is 30.1 Å². The van der Waals surface area contributed by atoms with Gasteiger partial charge in [0.05, 0.1) is 18.3 Å². The maximum Gasteiger partial charge on any atom is 0.257 e. The summed E-state index contributed by atoms with van der Waals surface area (Å²) in [6, 6.07) is 22.5. The van der Waals surface area contributed by atoms with Gasteiger partial charge in [-0.05, 0) is 54.7 Å². The van der Waals surface area contributed by atoms with E-state index in [0.29, 0.717) is 18.0 Å². The third kappa shape index (κ3) is 4.46. The van der Waals surface area contributed by atoms with Crippen molar-refractivity contribution in [2.24, 2.45) is 5.10 Å². The molecule has 2 heterocycles. The van der Waals surface area contributed by atoms with Crippen LogP contribution in [0.5, 0.6) is 0 Å². The Kier molecular flexibility index (Phi) is 6.05. The molecule has 0 N–H and O–H groups in total. The number of hydrazone groups is 1. The summed E-state index contributed by atoms with van der Waals surface area (Å²) in [7, 11) is 0. The fourth-order valence-corrected chi connectivity index (χ4v) is 5.15. The SMILES string of the molecule is Cc1ccc(C)c(C2=NN(C(=O)CN3CCc4ccccc4C3)[C@H](c3ccccc3Cl)C2)c1. The highest BCUT2D eigenvalue weighted by atomic mass is 35.5. The van der Waals surface area contributed by atoms with E-state index < -0.39 is 0 Å². The molecule has 4 nitrogen and oxygen atoms in total. The predicted octanol–water partition coefficient (Wildman–Crippen LogP) is 5.69. The van der Waals surface area contributed by atoms with Crippen LogP contribution in [0.25, 0.3) is 0 Å². The molecule has 0 bridgehead atoms. The molecule has 2 aliphatic heterocycles. The Morgan fingerprint density at radius 2 is 1.79 bits per heavy atom. The molecule has 5 heteroatoms. The van der Waals surface area contributed by atoms with E-state index in [4.69, 9.17) is 16.7 Å². The van der Waals surface area contributed by atoms with Crippen molar-refractivity contribution in [1.82, 2.24) is 9.91 Å². The van der Waals surface area contributed by atoms with Gasteiger partial charge in [0.25, 0.3) is 5.91 Å². The number of nitrogens with zero attached hydrogens (tertiary/aromatic N) is 3. The number of hydrogen-bond acceptors (Lipinski definition) is 3.